The molecular weight excluding hydrogens is 182 g/mol. The smallest absolute Gasteiger partial charge is 0.290 e. The zero-order valence-electron chi connectivity index (χ0n) is 8.23. The van der Waals surface area contributed by atoms with Crippen molar-refractivity contribution in [3.05, 3.63) is 34.1 Å². The van der Waals surface area contributed by atoms with E-state index < -0.39 is 10.5 Å². The van der Waals surface area contributed by atoms with Gasteiger partial charge in [-0.15, -0.1) is 0 Å². The van der Waals surface area contributed by atoms with Gasteiger partial charge in [-0.05, 0) is 26.3 Å². The second-order valence-electron chi connectivity index (χ2n) is 3.93. The van der Waals surface area contributed by atoms with Gasteiger partial charge in [0.1, 0.15) is 6.20 Å². The van der Waals surface area contributed by atoms with Gasteiger partial charge in [0, 0.05) is 17.3 Å². The molecule has 1 heterocycles. The van der Waals surface area contributed by atoms with Crippen molar-refractivity contribution in [2.75, 3.05) is 0 Å². The minimum atomic E-state index is -0.452. The molecule has 0 radical (unpaired) electrons. The number of pyridine rings is 1. The van der Waals surface area contributed by atoms with Crippen molar-refractivity contribution in [2.45, 2.75) is 25.8 Å². The summed E-state index contributed by atoms with van der Waals surface area (Å²) in [6, 6.07) is 1.63. The van der Waals surface area contributed by atoms with E-state index in [2.05, 4.69) is 4.98 Å². The van der Waals surface area contributed by atoms with Crippen LogP contribution < -0.4 is 5.73 Å². The molecule has 0 aliphatic carbocycles. The topological polar surface area (TPSA) is 82.0 Å². The van der Waals surface area contributed by atoms with Gasteiger partial charge in [0.15, 0.2) is 0 Å². The quantitative estimate of drug-likeness (QED) is 0.581. The Bertz CT molecular complexity index is 344. The van der Waals surface area contributed by atoms with Crippen molar-refractivity contribution in [1.29, 1.82) is 0 Å². The maximum Gasteiger partial charge on any atom is 0.290 e. The molecule has 0 aliphatic rings. The predicted molar refractivity (Wildman–Crippen MR) is 52.9 cm³/mol. The summed E-state index contributed by atoms with van der Waals surface area (Å²) in [5, 5.41) is 10.6. The Morgan fingerprint density at radius 2 is 2.29 bits per heavy atom. The number of nitrogens with two attached hydrogens (primary N) is 1. The Morgan fingerprint density at radius 3 is 2.79 bits per heavy atom. The van der Waals surface area contributed by atoms with Crippen LogP contribution in [0.5, 0.6) is 0 Å². The Labute approximate surface area is 82.1 Å². The molecule has 1 rings (SSSR count). The number of hydrogen-bond acceptors (Lipinski definition) is 4. The first-order valence-electron chi connectivity index (χ1n) is 4.26. The Kier molecular flexibility index (Phi) is 2.81. The monoisotopic (exact) mass is 195 g/mol. The number of hydrogen-bond donors (Lipinski definition) is 1. The third kappa shape index (κ3) is 2.77. The summed E-state index contributed by atoms with van der Waals surface area (Å²) in [4.78, 5) is 13.9. The molecule has 0 aromatic carbocycles. The highest BCUT2D eigenvalue weighted by Crippen LogP contribution is 2.20. The van der Waals surface area contributed by atoms with E-state index in [1.807, 2.05) is 13.8 Å². The van der Waals surface area contributed by atoms with Crippen molar-refractivity contribution in [2.24, 2.45) is 5.73 Å². The van der Waals surface area contributed by atoms with Crippen LogP contribution in [0.15, 0.2) is 18.5 Å². The molecule has 0 spiro atoms. The van der Waals surface area contributed by atoms with E-state index in [-0.39, 0.29) is 5.69 Å². The standard InChI is InChI=1S/C9H13N3O2/c1-9(2,10)5-7-3-4-11-6-8(7)12(13)14/h3-4,6H,5,10H2,1-2H3. The first-order valence-corrected chi connectivity index (χ1v) is 4.26. The average Bonchev–Trinajstić information content (AvgIpc) is 2.01. The molecule has 76 valence electrons. The normalized spacial score (nSPS) is 11.4. The van der Waals surface area contributed by atoms with Crippen LogP contribution in [-0.2, 0) is 6.42 Å². The molecule has 0 atom stereocenters. The fraction of sp³-hybridized carbons (Fsp3) is 0.444. The van der Waals surface area contributed by atoms with Crippen molar-refractivity contribution in [1.82, 2.24) is 4.98 Å². The summed E-state index contributed by atoms with van der Waals surface area (Å²) >= 11 is 0. The minimum Gasteiger partial charge on any atom is -0.325 e. The van der Waals surface area contributed by atoms with E-state index in [1.165, 1.54) is 12.4 Å². The summed E-state index contributed by atoms with van der Waals surface area (Å²) in [7, 11) is 0. The third-order valence-electron chi connectivity index (χ3n) is 1.73. The van der Waals surface area contributed by atoms with Gasteiger partial charge in [-0.3, -0.25) is 15.1 Å². The van der Waals surface area contributed by atoms with Crippen molar-refractivity contribution in [3.8, 4) is 0 Å². The summed E-state index contributed by atoms with van der Waals surface area (Å²) < 4.78 is 0. The zero-order valence-corrected chi connectivity index (χ0v) is 8.23. The molecule has 0 fully saturated rings. The van der Waals surface area contributed by atoms with Crippen LogP contribution in [0.4, 0.5) is 5.69 Å². The van der Waals surface area contributed by atoms with E-state index in [0.29, 0.717) is 12.0 Å². The second-order valence-corrected chi connectivity index (χ2v) is 3.93. The Hall–Kier alpha value is -1.49. The maximum atomic E-state index is 10.6. The summed E-state index contributed by atoms with van der Waals surface area (Å²) in [6.07, 6.45) is 3.25. The molecule has 0 aliphatic heterocycles. The van der Waals surface area contributed by atoms with Crippen LogP contribution in [0.1, 0.15) is 19.4 Å². The lowest BCUT2D eigenvalue weighted by atomic mass is 9.96. The molecule has 0 bridgehead atoms. The molecule has 0 unspecified atom stereocenters. The first kappa shape index (κ1) is 10.6. The lowest BCUT2D eigenvalue weighted by molar-refractivity contribution is -0.386. The lowest BCUT2D eigenvalue weighted by Crippen LogP contribution is -2.34. The molecule has 0 amide bonds. The number of aromatic nitrogens is 1. The van der Waals surface area contributed by atoms with E-state index in [4.69, 9.17) is 5.73 Å². The first-order chi connectivity index (χ1) is 6.40. The highest BCUT2D eigenvalue weighted by molar-refractivity contribution is 5.37. The van der Waals surface area contributed by atoms with Gasteiger partial charge in [0.25, 0.3) is 5.69 Å². The van der Waals surface area contributed by atoms with Crippen molar-refractivity contribution in [3.63, 3.8) is 0 Å². The number of nitrogens with zero attached hydrogens (tertiary/aromatic N) is 2. The molecule has 14 heavy (non-hydrogen) atoms. The molecule has 2 N–H and O–H groups in total. The van der Waals surface area contributed by atoms with Crippen LogP contribution in [-0.4, -0.2) is 15.4 Å². The Morgan fingerprint density at radius 1 is 1.64 bits per heavy atom. The third-order valence-corrected chi connectivity index (χ3v) is 1.73. The molecule has 1 aromatic heterocycles. The van der Waals surface area contributed by atoms with E-state index in [9.17, 15) is 10.1 Å². The van der Waals surface area contributed by atoms with Crippen LogP contribution in [0.2, 0.25) is 0 Å². The summed E-state index contributed by atoms with van der Waals surface area (Å²) in [6.45, 7) is 3.66. The second kappa shape index (κ2) is 3.71. The predicted octanol–water partition coefficient (Wildman–Crippen LogP) is 1.27. The molecule has 0 saturated carbocycles. The van der Waals surface area contributed by atoms with Crippen LogP contribution in [0.25, 0.3) is 0 Å². The highest BCUT2D eigenvalue weighted by Gasteiger charge is 2.19. The van der Waals surface area contributed by atoms with Gasteiger partial charge in [0.2, 0.25) is 0 Å². The zero-order chi connectivity index (χ0) is 10.8. The fourth-order valence-corrected chi connectivity index (χ4v) is 1.22. The van der Waals surface area contributed by atoms with Crippen LogP contribution in [0.3, 0.4) is 0 Å². The van der Waals surface area contributed by atoms with Gasteiger partial charge < -0.3 is 5.73 Å². The maximum absolute atomic E-state index is 10.6. The van der Waals surface area contributed by atoms with Gasteiger partial charge in [0.05, 0.1) is 4.92 Å². The van der Waals surface area contributed by atoms with Gasteiger partial charge >= 0.3 is 0 Å². The van der Waals surface area contributed by atoms with Crippen LogP contribution >= 0.6 is 0 Å². The SMILES string of the molecule is CC(C)(N)Cc1ccncc1[N+](=O)[O-]. The summed E-state index contributed by atoms with van der Waals surface area (Å²) in [5.74, 6) is 0. The Balaban J connectivity index is 3.02. The van der Waals surface area contributed by atoms with Crippen molar-refractivity contribution < 1.29 is 4.92 Å². The van der Waals surface area contributed by atoms with Gasteiger partial charge in [-0.25, -0.2) is 0 Å². The number of rotatable bonds is 3. The van der Waals surface area contributed by atoms with Gasteiger partial charge in [-0.2, -0.15) is 0 Å². The van der Waals surface area contributed by atoms with E-state index in [0.717, 1.165) is 0 Å². The average molecular weight is 195 g/mol. The van der Waals surface area contributed by atoms with Gasteiger partial charge in [-0.1, -0.05) is 0 Å². The van der Waals surface area contributed by atoms with E-state index in [1.54, 1.807) is 6.07 Å². The van der Waals surface area contributed by atoms with Crippen LogP contribution in [0, 0.1) is 10.1 Å². The van der Waals surface area contributed by atoms with E-state index >= 15 is 0 Å². The molecule has 1 aromatic rings. The lowest BCUT2D eigenvalue weighted by Gasteiger charge is -2.17. The molecular formula is C9H13N3O2. The molecule has 5 heteroatoms. The minimum absolute atomic E-state index is 0.0334. The largest absolute Gasteiger partial charge is 0.325 e. The number of nitro groups is 1. The summed E-state index contributed by atoms with van der Waals surface area (Å²) in [5.41, 5.74) is 6.00. The highest BCUT2D eigenvalue weighted by atomic mass is 16.6. The molecule has 5 nitrogen and oxygen atoms in total. The molecule has 0 saturated heterocycles. The van der Waals surface area contributed by atoms with Crippen molar-refractivity contribution >= 4 is 5.69 Å². The fourth-order valence-electron chi connectivity index (χ4n) is 1.22.